The number of hydrogen-bond donors (Lipinski definition) is 1. The zero-order chi connectivity index (χ0) is 22.8. The Labute approximate surface area is 182 Å². The van der Waals surface area contributed by atoms with Crippen LogP contribution in [0.4, 0.5) is 15.8 Å². The lowest BCUT2D eigenvalue weighted by atomic mass is 10.1. The second-order valence-electron chi connectivity index (χ2n) is 7.49. The molecule has 0 spiro atoms. The molecule has 4 rings (SSSR count). The van der Waals surface area contributed by atoms with Crippen LogP contribution in [-0.4, -0.2) is 37.2 Å². The fourth-order valence-electron chi connectivity index (χ4n) is 3.71. The average molecular weight is 440 g/mol. The van der Waals surface area contributed by atoms with Crippen molar-refractivity contribution in [2.75, 3.05) is 25.1 Å². The van der Waals surface area contributed by atoms with Crippen LogP contribution >= 0.6 is 0 Å². The van der Waals surface area contributed by atoms with Gasteiger partial charge in [-0.15, -0.1) is 0 Å². The van der Waals surface area contributed by atoms with Gasteiger partial charge in [0, 0.05) is 30.1 Å². The van der Waals surface area contributed by atoms with Crippen molar-refractivity contribution in [3.8, 4) is 5.75 Å². The van der Waals surface area contributed by atoms with E-state index in [1.165, 1.54) is 37.6 Å². The fraction of sp³-hybridized carbons (Fsp3) is 0.273. The number of non-ortho nitro benzene ring substituents is 1. The number of methoxy groups -OCH3 is 1. The molecule has 0 atom stereocenters. The van der Waals surface area contributed by atoms with Gasteiger partial charge < -0.3 is 14.1 Å². The van der Waals surface area contributed by atoms with Gasteiger partial charge in [-0.2, -0.15) is 5.10 Å². The summed E-state index contributed by atoms with van der Waals surface area (Å²) < 4.78 is 25.2. The maximum atomic E-state index is 14.5. The quantitative estimate of drug-likeness (QED) is 0.350. The molecule has 0 unspecified atom stereocenters. The van der Waals surface area contributed by atoms with Crippen LogP contribution < -0.4 is 15.1 Å². The van der Waals surface area contributed by atoms with Gasteiger partial charge in [0.2, 0.25) is 0 Å². The normalized spacial score (nSPS) is 13.8. The van der Waals surface area contributed by atoms with E-state index in [1.54, 1.807) is 6.07 Å². The first-order valence-electron chi connectivity index (χ1n) is 10.0. The maximum absolute atomic E-state index is 14.5. The standard InChI is InChI=1S/C22H21FN4O5/c1-13-7-18(26-5-3-4-6-26)17(23)9-15(13)12-24-25-22(28)20-10-14-8-16(27(29)30)11-19(31-2)21(14)32-20/h7-12H,3-6H2,1-2H3,(H,25,28)/b24-12-. The topological polar surface area (TPSA) is 110 Å². The first kappa shape index (κ1) is 21.3. The minimum atomic E-state index is -0.658. The first-order chi connectivity index (χ1) is 15.4. The molecule has 1 fully saturated rings. The molecule has 10 heteroatoms. The Kier molecular flexibility index (Phi) is 5.76. The Bertz CT molecular complexity index is 1230. The molecule has 166 valence electrons. The molecule has 3 aromatic rings. The van der Waals surface area contributed by atoms with Gasteiger partial charge >= 0.3 is 5.91 Å². The molecule has 1 amide bonds. The predicted molar refractivity (Wildman–Crippen MR) is 117 cm³/mol. The van der Waals surface area contributed by atoms with Crippen molar-refractivity contribution in [2.45, 2.75) is 19.8 Å². The van der Waals surface area contributed by atoms with Crippen LogP contribution in [0.25, 0.3) is 11.0 Å². The predicted octanol–water partition coefficient (Wildman–Crippen LogP) is 4.16. The van der Waals surface area contributed by atoms with Gasteiger partial charge in [0.15, 0.2) is 17.1 Å². The highest BCUT2D eigenvalue weighted by atomic mass is 19.1. The van der Waals surface area contributed by atoms with E-state index in [0.717, 1.165) is 31.5 Å². The summed E-state index contributed by atoms with van der Waals surface area (Å²) in [5.74, 6) is -0.950. The smallest absolute Gasteiger partial charge is 0.307 e. The second kappa shape index (κ2) is 8.66. The summed E-state index contributed by atoms with van der Waals surface area (Å²) in [4.78, 5) is 25.0. The molecule has 1 aromatic heterocycles. The highest BCUT2D eigenvalue weighted by Crippen LogP contribution is 2.33. The number of fused-ring (bicyclic) bond motifs is 1. The van der Waals surface area contributed by atoms with Gasteiger partial charge in [-0.25, -0.2) is 9.82 Å². The lowest BCUT2D eigenvalue weighted by Gasteiger charge is -2.19. The molecule has 1 aliphatic heterocycles. The van der Waals surface area contributed by atoms with Crippen LogP contribution in [0.3, 0.4) is 0 Å². The molecular formula is C22H21FN4O5. The lowest BCUT2D eigenvalue weighted by Crippen LogP contribution is -2.19. The number of furan rings is 1. The molecule has 0 aliphatic carbocycles. The minimum absolute atomic E-state index is 0.0942. The van der Waals surface area contributed by atoms with Crippen molar-refractivity contribution < 1.29 is 23.3 Å². The number of nitro groups is 1. The number of anilines is 1. The molecule has 9 nitrogen and oxygen atoms in total. The van der Waals surface area contributed by atoms with E-state index >= 15 is 0 Å². The summed E-state index contributed by atoms with van der Waals surface area (Å²) in [6.07, 6.45) is 3.46. The summed E-state index contributed by atoms with van der Waals surface area (Å²) in [5.41, 5.74) is 4.29. The zero-order valence-electron chi connectivity index (χ0n) is 17.6. The molecule has 32 heavy (non-hydrogen) atoms. The Morgan fingerprint density at radius 1 is 1.28 bits per heavy atom. The van der Waals surface area contributed by atoms with E-state index in [1.807, 2.05) is 11.8 Å². The molecule has 0 bridgehead atoms. The van der Waals surface area contributed by atoms with Crippen LogP contribution in [0, 0.1) is 22.9 Å². The van der Waals surface area contributed by atoms with Gasteiger partial charge in [0.05, 0.1) is 30.0 Å². The third kappa shape index (κ3) is 4.11. The molecule has 0 saturated carbocycles. The van der Waals surface area contributed by atoms with Gasteiger partial charge in [0.1, 0.15) is 5.82 Å². The summed E-state index contributed by atoms with van der Waals surface area (Å²) >= 11 is 0. The van der Waals surface area contributed by atoms with E-state index < -0.39 is 10.8 Å². The Balaban J connectivity index is 1.51. The summed E-state index contributed by atoms with van der Waals surface area (Å²) in [6, 6.07) is 7.04. The van der Waals surface area contributed by atoms with Crippen molar-refractivity contribution in [2.24, 2.45) is 5.10 Å². The maximum Gasteiger partial charge on any atom is 0.307 e. The Morgan fingerprint density at radius 3 is 2.72 bits per heavy atom. The van der Waals surface area contributed by atoms with E-state index in [9.17, 15) is 19.3 Å². The number of aryl methyl sites for hydroxylation is 1. The number of nitrogens with one attached hydrogen (secondary N) is 1. The number of hydrogen-bond acceptors (Lipinski definition) is 7. The van der Waals surface area contributed by atoms with Gasteiger partial charge in [0.25, 0.3) is 5.69 Å². The monoisotopic (exact) mass is 440 g/mol. The van der Waals surface area contributed by atoms with Crippen molar-refractivity contribution in [1.29, 1.82) is 0 Å². The van der Waals surface area contributed by atoms with Crippen molar-refractivity contribution in [3.05, 3.63) is 63.2 Å². The van der Waals surface area contributed by atoms with E-state index in [-0.39, 0.29) is 28.6 Å². The molecule has 1 saturated heterocycles. The van der Waals surface area contributed by atoms with Gasteiger partial charge in [-0.1, -0.05) is 0 Å². The molecule has 0 radical (unpaired) electrons. The lowest BCUT2D eigenvalue weighted by molar-refractivity contribution is -0.384. The van der Waals surface area contributed by atoms with E-state index in [4.69, 9.17) is 9.15 Å². The first-order valence-corrected chi connectivity index (χ1v) is 10.0. The fourth-order valence-corrected chi connectivity index (χ4v) is 3.71. The van der Waals surface area contributed by atoms with Gasteiger partial charge in [-0.3, -0.25) is 14.9 Å². The Morgan fingerprint density at radius 2 is 2.03 bits per heavy atom. The van der Waals surface area contributed by atoms with Crippen LogP contribution in [0.15, 0.2) is 39.9 Å². The average Bonchev–Trinajstić information content (AvgIpc) is 3.44. The second-order valence-corrected chi connectivity index (χ2v) is 7.49. The van der Waals surface area contributed by atoms with Crippen LogP contribution in [-0.2, 0) is 0 Å². The van der Waals surface area contributed by atoms with Crippen LogP contribution in [0.1, 0.15) is 34.5 Å². The summed E-state index contributed by atoms with van der Waals surface area (Å²) in [6.45, 7) is 3.53. The number of benzene rings is 2. The van der Waals surface area contributed by atoms with Crippen LogP contribution in [0.5, 0.6) is 5.75 Å². The SMILES string of the molecule is COc1cc([N+](=O)[O-])cc2cc(C(=O)N/N=C\c3cc(F)c(N4CCCC4)cc3C)oc12. The number of halogens is 1. The number of rotatable bonds is 6. The summed E-state index contributed by atoms with van der Waals surface area (Å²) in [7, 11) is 1.35. The highest BCUT2D eigenvalue weighted by molar-refractivity contribution is 5.98. The number of carbonyl (C=O) groups is 1. The van der Waals surface area contributed by atoms with Crippen LogP contribution in [0.2, 0.25) is 0 Å². The molecule has 2 aromatic carbocycles. The number of carbonyl (C=O) groups excluding carboxylic acids is 1. The molecule has 1 N–H and O–H groups in total. The third-order valence-electron chi connectivity index (χ3n) is 5.37. The highest BCUT2D eigenvalue weighted by Gasteiger charge is 2.20. The minimum Gasteiger partial charge on any atom is -0.493 e. The van der Waals surface area contributed by atoms with E-state index in [0.29, 0.717) is 16.6 Å². The third-order valence-corrected chi connectivity index (χ3v) is 5.37. The molecular weight excluding hydrogens is 419 g/mol. The number of nitrogens with zero attached hydrogens (tertiary/aromatic N) is 3. The van der Waals surface area contributed by atoms with Crippen molar-refractivity contribution in [1.82, 2.24) is 5.43 Å². The van der Waals surface area contributed by atoms with Gasteiger partial charge in [-0.05, 0) is 43.5 Å². The summed E-state index contributed by atoms with van der Waals surface area (Å²) in [5, 5.41) is 15.3. The number of hydrazone groups is 1. The van der Waals surface area contributed by atoms with E-state index in [2.05, 4.69) is 10.5 Å². The number of ether oxygens (including phenoxy) is 1. The largest absolute Gasteiger partial charge is 0.493 e. The zero-order valence-corrected chi connectivity index (χ0v) is 17.6. The molecule has 1 aliphatic rings. The van der Waals surface area contributed by atoms with Crippen molar-refractivity contribution in [3.63, 3.8) is 0 Å². The number of nitro benzene ring substituents is 1. The molecule has 2 heterocycles. The number of amides is 1. The van der Waals surface area contributed by atoms with Crippen molar-refractivity contribution >= 4 is 34.5 Å². The Hall–Kier alpha value is -3.95.